The Kier molecular flexibility index (Phi) is 3.70. The summed E-state index contributed by atoms with van der Waals surface area (Å²) in [5.41, 5.74) is 0.485. The van der Waals surface area contributed by atoms with Gasteiger partial charge in [0.2, 0.25) is 0 Å². The van der Waals surface area contributed by atoms with E-state index in [1.165, 1.54) is 30.7 Å². The lowest BCUT2D eigenvalue weighted by molar-refractivity contribution is 0.579. The minimum absolute atomic E-state index is 0.485. The van der Waals surface area contributed by atoms with Crippen LogP contribution in [0.1, 0.15) is 43.4 Å². The molecule has 1 aromatic rings. The van der Waals surface area contributed by atoms with Gasteiger partial charge in [-0.25, -0.2) is 0 Å². The second-order valence-corrected chi connectivity index (χ2v) is 6.31. The molecule has 1 heterocycles. The molecule has 2 rings (SSSR count). The smallest absolute Gasteiger partial charge is 0.0111 e. The molecule has 1 fully saturated rings. The number of aryl methyl sites for hydroxylation is 1. The molecule has 0 aliphatic heterocycles. The standard InChI is InChI=1S/C14H23NS/c1-4-8-15-10-11-9-14(11,3)13-7-6-12(5-2)16-13/h6-7,11,15H,4-5,8-10H2,1-3H3. The molecule has 90 valence electrons. The number of hydrogen-bond acceptors (Lipinski definition) is 2. The Bertz CT molecular complexity index is 344. The summed E-state index contributed by atoms with van der Waals surface area (Å²) < 4.78 is 0. The first-order valence-electron chi connectivity index (χ1n) is 6.50. The van der Waals surface area contributed by atoms with Gasteiger partial charge in [0.15, 0.2) is 0 Å². The summed E-state index contributed by atoms with van der Waals surface area (Å²) in [5, 5.41) is 3.55. The minimum atomic E-state index is 0.485. The summed E-state index contributed by atoms with van der Waals surface area (Å²) in [4.78, 5) is 3.14. The lowest BCUT2D eigenvalue weighted by atomic mass is 10.0. The third kappa shape index (κ3) is 2.33. The van der Waals surface area contributed by atoms with Crippen LogP contribution < -0.4 is 5.32 Å². The molecule has 0 radical (unpaired) electrons. The quantitative estimate of drug-likeness (QED) is 0.746. The molecule has 1 N–H and O–H groups in total. The van der Waals surface area contributed by atoms with Gasteiger partial charge in [-0.05, 0) is 50.4 Å². The third-order valence-electron chi connectivity index (χ3n) is 3.80. The molecule has 0 amide bonds. The van der Waals surface area contributed by atoms with Gasteiger partial charge in [0.05, 0.1) is 0 Å². The first-order chi connectivity index (χ1) is 7.70. The second-order valence-electron chi connectivity index (χ2n) is 5.14. The monoisotopic (exact) mass is 237 g/mol. The molecule has 0 bridgehead atoms. The summed E-state index contributed by atoms with van der Waals surface area (Å²) in [6.07, 6.45) is 3.79. The third-order valence-corrected chi connectivity index (χ3v) is 5.31. The molecule has 1 aliphatic rings. The Hall–Kier alpha value is -0.340. The number of rotatable bonds is 6. The number of hydrogen-bond donors (Lipinski definition) is 1. The SMILES string of the molecule is CCCNCC1CC1(C)c1ccc(CC)s1. The van der Waals surface area contributed by atoms with Crippen LogP contribution in [0, 0.1) is 5.92 Å². The van der Waals surface area contributed by atoms with Gasteiger partial charge < -0.3 is 5.32 Å². The van der Waals surface area contributed by atoms with E-state index in [0.717, 1.165) is 12.5 Å². The molecular weight excluding hydrogens is 214 g/mol. The van der Waals surface area contributed by atoms with Crippen molar-refractivity contribution in [3.63, 3.8) is 0 Å². The van der Waals surface area contributed by atoms with Crippen LogP contribution in [0.2, 0.25) is 0 Å². The molecule has 0 aromatic carbocycles. The Labute approximate surface area is 103 Å². The van der Waals surface area contributed by atoms with Gasteiger partial charge in [-0.15, -0.1) is 11.3 Å². The van der Waals surface area contributed by atoms with Crippen molar-refractivity contribution in [2.75, 3.05) is 13.1 Å². The largest absolute Gasteiger partial charge is 0.316 e. The van der Waals surface area contributed by atoms with Gasteiger partial charge in [0.1, 0.15) is 0 Å². The van der Waals surface area contributed by atoms with E-state index in [2.05, 4.69) is 38.2 Å². The van der Waals surface area contributed by atoms with E-state index in [9.17, 15) is 0 Å². The van der Waals surface area contributed by atoms with Crippen LogP contribution >= 0.6 is 11.3 Å². The Morgan fingerprint density at radius 1 is 1.44 bits per heavy atom. The van der Waals surface area contributed by atoms with Crippen molar-refractivity contribution >= 4 is 11.3 Å². The second kappa shape index (κ2) is 4.89. The van der Waals surface area contributed by atoms with E-state index >= 15 is 0 Å². The van der Waals surface area contributed by atoms with Gasteiger partial charge in [0, 0.05) is 15.2 Å². The van der Waals surface area contributed by atoms with Crippen molar-refractivity contribution in [2.24, 2.45) is 5.92 Å². The maximum absolute atomic E-state index is 3.55. The molecule has 1 aromatic heterocycles. The van der Waals surface area contributed by atoms with Crippen LogP contribution in [0.15, 0.2) is 12.1 Å². The van der Waals surface area contributed by atoms with Crippen LogP contribution in [0.5, 0.6) is 0 Å². The summed E-state index contributed by atoms with van der Waals surface area (Å²) in [6, 6.07) is 4.66. The maximum Gasteiger partial charge on any atom is 0.0111 e. The predicted molar refractivity (Wildman–Crippen MR) is 72.3 cm³/mol. The molecule has 2 heteroatoms. The van der Waals surface area contributed by atoms with Crippen molar-refractivity contribution in [3.8, 4) is 0 Å². The zero-order chi connectivity index (χ0) is 11.6. The van der Waals surface area contributed by atoms with Crippen LogP contribution in [0.4, 0.5) is 0 Å². The fourth-order valence-electron chi connectivity index (χ4n) is 2.38. The average molecular weight is 237 g/mol. The fraction of sp³-hybridized carbons (Fsp3) is 0.714. The summed E-state index contributed by atoms with van der Waals surface area (Å²) in [5.74, 6) is 0.863. The number of thiophene rings is 1. The highest BCUT2D eigenvalue weighted by molar-refractivity contribution is 7.12. The van der Waals surface area contributed by atoms with Gasteiger partial charge in [-0.1, -0.05) is 20.8 Å². The van der Waals surface area contributed by atoms with Crippen LogP contribution in [0.25, 0.3) is 0 Å². The Morgan fingerprint density at radius 3 is 2.88 bits per heavy atom. The highest BCUT2D eigenvalue weighted by Crippen LogP contribution is 2.55. The summed E-state index contributed by atoms with van der Waals surface area (Å²) in [6.45, 7) is 9.26. The highest BCUT2D eigenvalue weighted by Gasteiger charge is 2.51. The molecule has 2 atom stereocenters. The molecular formula is C14H23NS. The van der Waals surface area contributed by atoms with Crippen molar-refractivity contribution in [1.82, 2.24) is 5.32 Å². The molecule has 2 unspecified atom stereocenters. The van der Waals surface area contributed by atoms with E-state index in [-0.39, 0.29) is 0 Å². The molecule has 1 nitrogen and oxygen atoms in total. The van der Waals surface area contributed by atoms with Gasteiger partial charge in [0.25, 0.3) is 0 Å². The fourth-order valence-corrected chi connectivity index (χ4v) is 3.56. The van der Waals surface area contributed by atoms with Crippen LogP contribution in [-0.4, -0.2) is 13.1 Å². The molecule has 0 spiro atoms. The van der Waals surface area contributed by atoms with E-state index in [0.29, 0.717) is 5.41 Å². The topological polar surface area (TPSA) is 12.0 Å². The molecule has 1 saturated carbocycles. The Morgan fingerprint density at radius 2 is 2.25 bits per heavy atom. The molecule has 0 saturated heterocycles. The normalized spacial score (nSPS) is 28.3. The minimum Gasteiger partial charge on any atom is -0.316 e. The van der Waals surface area contributed by atoms with Crippen molar-refractivity contribution in [1.29, 1.82) is 0 Å². The molecule has 16 heavy (non-hydrogen) atoms. The number of nitrogens with one attached hydrogen (secondary N) is 1. The van der Waals surface area contributed by atoms with E-state index in [1.807, 2.05) is 11.3 Å². The zero-order valence-electron chi connectivity index (χ0n) is 10.7. The van der Waals surface area contributed by atoms with Crippen LogP contribution in [-0.2, 0) is 11.8 Å². The zero-order valence-corrected chi connectivity index (χ0v) is 11.5. The lowest BCUT2D eigenvalue weighted by Gasteiger charge is -2.09. The van der Waals surface area contributed by atoms with Crippen molar-refractivity contribution in [3.05, 3.63) is 21.9 Å². The highest BCUT2D eigenvalue weighted by atomic mass is 32.1. The van der Waals surface area contributed by atoms with Gasteiger partial charge in [-0.3, -0.25) is 0 Å². The lowest BCUT2D eigenvalue weighted by Crippen LogP contribution is -2.20. The summed E-state index contributed by atoms with van der Waals surface area (Å²) >= 11 is 2.02. The van der Waals surface area contributed by atoms with Crippen LogP contribution in [0.3, 0.4) is 0 Å². The van der Waals surface area contributed by atoms with E-state index < -0.39 is 0 Å². The van der Waals surface area contributed by atoms with Crippen molar-refractivity contribution in [2.45, 2.75) is 45.4 Å². The maximum atomic E-state index is 3.55. The van der Waals surface area contributed by atoms with Gasteiger partial charge in [-0.2, -0.15) is 0 Å². The Balaban J connectivity index is 1.90. The predicted octanol–water partition coefficient (Wildman–Crippen LogP) is 3.59. The van der Waals surface area contributed by atoms with E-state index in [4.69, 9.17) is 0 Å². The summed E-state index contributed by atoms with van der Waals surface area (Å²) in [7, 11) is 0. The average Bonchev–Trinajstić information content (AvgIpc) is 2.78. The van der Waals surface area contributed by atoms with E-state index in [1.54, 1.807) is 4.88 Å². The first kappa shape index (κ1) is 12.1. The first-order valence-corrected chi connectivity index (χ1v) is 7.32. The van der Waals surface area contributed by atoms with Crippen molar-refractivity contribution < 1.29 is 0 Å². The van der Waals surface area contributed by atoms with Gasteiger partial charge >= 0.3 is 0 Å². The molecule has 1 aliphatic carbocycles.